The van der Waals surface area contributed by atoms with Gasteiger partial charge in [-0.25, -0.2) is 0 Å². The smallest absolute Gasteiger partial charge is 0.310 e. The van der Waals surface area contributed by atoms with Crippen molar-refractivity contribution in [3.05, 3.63) is 42.5 Å². The molecule has 0 atom stereocenters. The second-order valence-corrected chi connectivity index (χ2v) is 3.68. The molecule has 3 nitrogen and oxygen atoms in total. The van der Waals surface area contributed by atoms with Gasteiger partial charge < -0.3 is 9.47 Å². The number of ether oxygens (including phenoxy) is 2. The number of rotatable bonds is 7. The van der Waals surface area contributed by atoms with Crippen LogP contribution < -0.4 is 4.74 Å². The van der Waals surface area contributed by atoms with E-state index in [1.165, 1.54) is 0 Å². The Balaban J connectivity index is 2.31. The maximum absolute atomic E-state index is 11.5. The van der Waals surface area contributed by atoms with Gasteiger partial charge in [0.1, 0.15) is 5.75 Å². The third-order valence-electron chi connectivity index (χ3n) is 2.32. The molecule has 0 unspecified atom stereocenters. The van der Waals surface area contributed by atoms with Crippen molar-refractivity contribution < 1.29 is 14.3 Å². The van der Waals surface area contributed by atoms with Crippen LogP contribution in [0.15, 0.2) is 36.9 Å². The SMILES string of the molecule is C=CCCCOC(=O)Cc1ccc(OC)cc1. The minimum Gasteiger partial charge on any atom is -0.497 e. The molecule has 0 aliphatic carbocycles. The van der Waals surface area contributed by atoms with E-state index in [4.69, 9.17) is 9.47 Å². The van der Waals surface area contributed by atoms with Crippen LogP contribution >= 0.6 is 0 Å². The Kier molecular flexibility index (Phi) is 5.86. The number of hydrogen-bond donors (Lipinski definition) is 0. The molecule has 0 bridgehead atoms. The van der Waals surface area contributed by atoms with Crippen LogP contribution in [0.4, 0.5) is 0 Å². The van der Waals surface area contributed by atoms with Gasteiger partial charge >= 0.3 is 5.97 Å². The quantitative estimate of drug-likeness (QED) is 0.413. The van der Waals surface area contributed by atoms with Crippen LogP contribution in [0.5, 0.6) is 5.75 Å². The average molecular weight is 234 g/mol. The van der Waals surface area contributed by atoms with E-state index >= 15 is 0 Å². The number of allylic oxidation sites excluding steroid dienone is 1. The molecule has 0 amide bonds. The van der Waals surface area contributed by atoms with Crippen LogP contribution in [0.3, 0.4) is 0 Å². The lowest BCUT2D eigenvalue weighted by molar-refractivity contribution is -0.142. The topological polar surface area (TPSA) is 35.5 Å². The van der Waals surface area contributed by atoms with E-state index < -0.39 is 0 Å². The molecular formula is C14H18O3. The lowest BCUT2D eigenvalue weighted by Gasteiger charge is -2.05. The molecule has 0 aliphatic heterocycles. The summed E-state index contributed by atoms with van der Waals surface area (Å²) in [6, 6.07) is 7.40. The fourth-order valence-corrected chi connectivity index (χ4v) is 1.37. The molecule has 0 radical (unpaired) electrons. The van der Waals surface area contributed by atoms with Gasteiger partial charge in [0.05, 0.1) is 20.1 Å². The van der Waals surface area contributed by atoms with Crippen LogP contribution in [0.25, 0.3) is 0 Å². The summed E-state index contributed by atoms with van der Waals surface area (Å²) in [6.07, 6.45) is 3.82. The number of methoxy groups -OCH3 is 1. The molecule has 0 saturated heterocycles. The van der Waals surface area contributed by atoms with Crippen molar-refractivity contribution in [3.63, 3.8) is 0 Å². The largest absolute Gasteiger partial charge is 0.497 e. The Hall–Kier alpha value is -1.77. The van der Waals surface area contributed by atoms with E-state index in [1.807, 2.05) is 30.3 Å². The highest BCUT2D eigenvalue weighted by Gasteiger charge is 2.04. The molecule has 1 rings (SSSR count). The molecule has 0 aromatic heterocycles. The standard InChI is InChI=1S/C14H18O3/c1-3-4-5-10-17-14(15)11-12-6-8-13(16-2)9-7-12/h3,6-9H,1,4-5,10-11H2,2H3. The van der Waals surface area contributed by atoms with Crippen LogP contribution in [-0.2, 0) is 16.0 Å². The number of hydrogen-bond acceptors (Lipinski definition) is 3. The predicted octanol–water partition coefficient (Wildman–Crippen LogP) is 2.75. The Morgan fingerprint density at radius 3 is 2.65 bits per heavy atom. The Bertz CT molecular complexity index is 354. The minimum absolute atomic E-state index is 0.195. The van der Waals surface area contributed by atoms with Crippen molar-refractivity contribution in [2.45, 2.75) is 19.3 Å². The van der Waals surface area contributed by atoms with Crippen LogP contribution in [0.1, 0.15) is 18.4 Å². The van der Waals surface area contributed by atoms with Crippen LogP contribution in [0.2, 0.25) is 0 Å². The second-order valence-electron chi connectivity index (χ2n) is 3.68. The van der Waals surface area contributed by atoms with Gasteiger partial charge in [-0.05, 0) is 30.5 Å². The molecule has 0 N–H and O–H groups in total. The number of unbranched alkanes of at least 4 members (excludes halogenated alkanes) is 1. The second kappa shape index (κ2) is 7.49. The number of carbonyl (C=O) groups excluding carboxylic acids is 1. The Labute approximate surface area is 102 Å². The molecule has 0 heterocycles. The van der Waals surface area contributed by atoms with E-state index in [0.717, 1.165) is 24.2 Å². The average Bonchev–Trinajstić information content (AvgIpc) is 2.36. The first kappa shape index (κ1) is 13.3. The highest BCUT2D eigenvalue weighted by atomic mass is 16.5. The molecule has 0 spiro atoms. The van der Waals surface area contributed by atoms with Crippen LogP contribution in [-0.4, -0.2) is 19.7 Å². The van der Waals surface area contributed by atoms with Gasteiger partial charge in [0, 0.05) is 0 Å². The number of benzene rings is 1. The number of esters is 1. The van der Waals surface area contributed by atoms with Crippen molar-refractivity contribution >= 4 is 5.97 Å². The first-order valence-corrected chi connectivity index (χ1v) is 5.65. The monoisotopic (exact) mass is 234 g/mol. The van der Waals surface area contributed by atoms with E-state index in [0.29, 0.717) is 13.0 Å². The first-order chi connectivity index (χ1) is 8.26. The van der Waals surface area contributed by atoms with Gasteiger partial charge in [-0.1, -0.05) is 18.2 Å². The molecule has 0 saturated carbocycles. The summed E-state index contributed by atoms with van der Waals surface area (Å²) in [6.45, 7) is 4.07. The molecule has 0 fully saturated rings. The van der Waals surface area contributed by atoms with Crippen molar-refractivity contribution in [3.8, 4) is 5.75 Å². The summed E-state index contributed by atoms with van der Waals surface area (Å²) in [4.78, 5) is 11.5. The lowest BCUT2D eigenvalue weighted by Crippen LogP contribution is -2.08. The summed E-state index contributed by atoms with van der Waals surface area (Å²) in [5.74, 6) is 0.590. The fourth-order valence-electron chi connectivity index (χ4n) is 1.37. The minimum atomic E-state index is -0.195. The molecule has 1 aromatic carbocycles. The van der Waals surface area contributed by atoms with Gasteiger partial charge in [-0.3, -0.25) is 4.79 Å². The van der Waals surface area contributed by atoms with Gasteiger partial charge in [0.15, 0.2) is 0 Å². The van der Waals surface area contributed by atoms with Gasteiger partial charge in [0.2, 0.25) is 0 Å². The summed E-state index contributed by atoms with van der Waals surface area (Å²) < 4.78 is 10.1. The predicted molar refractivity (Wildman–Crippen MR) is 67.1 cm³/mol. The van der Waals surface area contributed by atoms with E-state index in [1.54, 1.807) is 7.11 Å². The zero-order valence-electron chi connectivity index (χ0n) is 10.1. The van der Waals surface area contributed by atoms with Crippen molar-refractivity contribution in [2.75, 3.05) is 13.7 Å². The summed E-state index contributed by atoms with van der Waals surface area (Å²) in [7, 11) is 1.61. The fraction of sp³-hybridized carbons (Fsp3) is 0.357. The maximum atomic E-state index is 11.5. The Morgan fingerprint density at radius 2 is 2.06 bits per heavy atom. The normalized spacial score (nSPS) is 9.71. The third kappa shape index (κ3) is 5.20. The van der Waals surface area contributed by atoms with Gasteiger partial charge in [-0.15, -0.1) is 6.58 Å². The van der Waals surface area contributed by atoms with E-state index in [2.05, 4.69) is 6.58 Å². The molecule has 92 valence electrons. The summed E-state index contributed by atoms with van der Waals surface area (Å²) >= 11 is 0. The van der Waals surface area contributed by atoms with E-state index in [-0.39, 0.29) is 5.97 Å². The summed E-state index contributed by atoms with van der Waals surface area (Å²) in [5, 5.41) is 0. The van der Waals surface area contributed by atoms with Crippen molar-refractivity contribution in [1.82, 2.24) is 0 Å². The highest BCUT2D eigenvalue weighted by Crippen LogP contribution is 2.12. The first-order valence-electron chi connectivity index (χ1n) is 5.65. The maximum Gasteiger partial charge on any atom is 0.310 e. The highest BCUT2D eigenvalue weighted by molar-refractivity contribution is 5.72. The van der Waals surface area contributed by atoms with Crippen molar-refractivity contribution in [2.24, 2.45) is 0 Å². The molecule has 17 heavy (non-hydrogen) atoms. The molecule has 0 aliphatic rings. The molecular weight excluding hydrogens is 216 g/mol. The number of carbonyl (C=O) groups is 1. The van der Waals surface area contributed by atoms with E-state index in [9.17, 15) is 4.79 Å². The van der Waals surface area contributed by atoms with Crippen LogP contribution in [0, 0.1) is 0 Å². The molecule has 1 aromatic rings. The lowest BCUT2D eigenvalue weighted by atomic mass is 10.1. The summed E-state index contributed by atoms with van der Waals surface area (Å²) in [5.41, 5.74) is 0.930. The zero-order chi connectivity index (χ0) is 12.5. The van der Waals surface area contributed by atoms with Crippen molar-refractivity contribution in [1.29, 1.82) is 0 Å². The van der Waals surface area contributed by atoms with Gasteiger partial charge in [-0.2, -0.15) is 0 Å². The zero-order valence-corrected chi connectivity index (χ0v) is 10.1. The molecule has 3 heteroatoms. The Morgan fingerprint density at radius 1 is 1.35 bits per heavy atom. The third-order valence-corrected chi connectivity index (χ3v) is 2.32. The van der Waals surface area contributed by atoms with Gasteiger partial charge in [0.25, 0.3) is 0 Å².